The van der Waals surface area contributed by atoms with E-state index in [4.69, 9.17) is 28.3 Å². The van der Waals surface area contributed by atoms with Crippen molar-refractivity contribution in [1.29, 1.82) is 0 Å². The van der Waals surface area contributed by atoms with Gasteiger partial charge in [-0.2, -0.15) is 0 Å². The van der Waals surface area contributed by atoms with E-state index in [0.717, 1.165) is 11.3 Å². The predicted molar refractivity (Wildman–Crippen MR) is 72.1 cm³/mol. The second-order valence-corrected chi connectivity index (χ2v) is 9.06. The second kappa shape index (κ2) is 6.04. The van der Waals surface area contributed by atoms with Crippen LogP contribution < -0.4 is 9.86 Å². The molecular formula is C7H10Cl2N2O4S3. The molecule has 104 valence electrons. The van der Waals surface area contributed by atoms with E-state index in [1.807, 2.05) is 0 Å². The van der Waals surface area contributed by atoms with Crippen LogP contribution in [-0.2, 0) is 20.0 Å². The molecule has 0 bridgehead atoms. The summed E-state index contributed by atoms with van der Waals surface area (Å²) in [6, 6.07) is 1.23. The minimum Gasteiger partial charge on any atom is -0.229 e. The first-order chi connectivity index (χ1) is 8.12. The van der Waals surface area contributed by atoms with Crippen molar-refractivity contribution in [3.8, 4) is 0 Å². The smallest absolute Gasteiger partial charge is 0.229 e. The van der Waals surface area contributed by atoms with E-state index in [1.165, 1.54) is 6.07 Å². The molecule has 0 aliphatic heterocycles. The van der Waals surface area contributed by atoms with Crippen LogP contribution in [0.15, 0.2) is 11.0 Å². The number of nitrogens with one attached hydrogen (secondary N) is 1. The lowest BCUT2D eigenvalue weighted by atomic mass is 10.5. The van der Waals surface area contributed by atoms with Crippen LogP contribution in [-0.4, -0.2) is 29.1 Å². The summed E-state index contributed by atoms with van der Waals surface area (Å²) in [6.45, 7) is -0.0530. The maximum absolute atomic E-state index is 11.8. The van der Waals surface area contributed by atoms with E-state index in [2.05, 4.69) is 4.72 Å². The quantitative estimate of drug-likeness (QED) is 0.745. The summed E-state index contributed by atoms with van der Waals surface area (Å²) in [6.07, 6.45) is 0.0769. The van der Waals surface area contributed by atoms with Gasteiger partial charge in [-0.15, -0.1) is 11.3 Å². The minimum atomic E-state index is -3.78. The Kier molecular flexibility index (Phi) is 5.42. The molecule has 1 rings (SSSR count). The second-order valence-electron chi connectivity index (χ2n) is 3.31. The normalized spacial score (nSPS) is 12.8. The summed E-state index contributed by atoms with van der Waals surface area (Å²) in [4.78, 5) is -0.116. The van der Waals surface area contributed by atoms with Crippen molar-refractivity contribution in [2.45, 2.75) is 11.3 Å². The van der Waals surface area contributed by atoms with Crippen LogP contribution in [0.5, 0.6) is 0 Å². The van der Waals surface area contributed by atoms with E-state index < -0.39 is 20.0 Å². The van der Waals surface area contributed by atoms with E-state index in [-0.39, 0.29) is 32.3 Å². The van der Waals surface area contributed by atoms with E-state index >= 15 is 0 Å². The Labute approximate surface area is 119 Å². The minimum absolute atomic E-state index is 0.0530. The first kappa shape index (κ1) is 16.2. The van der Waals surface area contributed by atoms with Crippen LogP contribution in [0.1, 0.15) is 6.42 Å². The molecule has 3 N–H and O–H groups in total. The van der Waals surface area contributed by atoms with Gasteiger partial charge in [-0.1, -0.05) is 23.2 Å². The van der Waals surface area contributed by atoms with Gasteiger partial charge in [0.1, 0.15) is 9.23 Å². The fourth-order valence-corrected chi connectivity index (χ4v) is 4.83. The van der Waals surface area contributed by atoms with Crippen LogP contribution in [0.25, 0.3) is 0 Å². The Balaban J connectivity index is 2.64. The molecule has 0 spiro atoms. The van der Waals surface area contributed by atoms with E-state index in [0.29, 0.717) is 0 Å². The molecule has 1 aromatic rings. The summed E-state index contributed by atoms with van der Waals surface area (Å²) < 4.78 is 47.3. The molecule has 1 aromatic heterocycles. The average molecular weight is 353 g/mol. The van der Waals surface area contributed by atoms with Crippen LogP contribution in [0.4, 0.5) is 0 Å². The Hall–Kier alpha value is 0.1000. The van der Waals surface area contributed by atoms with Crippen molar-refractivity contribution >= 4 is 54.6 Å². The predicted octanol–water partition coefficient (Wildman–Crippen LogP) is 1.01. The molecule has 0 fully saturated rings. The molecule has 1 heterocycles. The van der Waals surface area contributed by atoms with Crippen LogP contribution in [0, 0.1) is 0 Å². The van der Waals surface area contributed by atoms with Gasteiger partial charge in [0, 0.05) is 6.54 Å². The number of rotatable bonds is 6. The Morgan fingerprint density at radius 1 is 1.28 bits per heavy atom. The lowest BCUT2D eigenvalue weighted by Crippen LogP contribution is -2.27. The third-order valence-electron chi connectivity index (χ3n) is 1.81. The van der Waals surface area contributed by atoms with Crippen molar-refractivity contribution in [2.75, 3.05) is 12.3 Å². The Morgan fingerprint density at radius 2 is 1.89 bits per heavy atom. The lowest BCUT2D eigenvalue weighted by molar-refractivity contribution is 0.577. The van der Waals surface area contributed by atoms with E-state index in [9.17, 15) is 16.8 Å². The molecule has 6 nitrogen and oxygen atoms in total. The maximum Gasteiger partial charge on any atom is 0.242 e. The molecule has 0 unspecified atom stereocenters. The van der Waals surface area contributed by atoms with Gasteiger partial charge in [0.25, 0.3) is 0 Å². The van der Waals surface area contributed by atoms with E-state index in [1.54, 1.807) is 0 Å². The fraction of sp³-hybridized carbons (Fsp3) is 0.429. The lowest BCUT2D eigenvalue weighted by Gasteiger charge is -2.04. The SMILES string of the molecule is NS(=O)(=O)CCCNS(=O)(=O)c1cc(Cl)sc1Cl. The molecular weight excluding hydrogens is 343 g/mol. The number of hydrogen-bond donors (Lipinski definition) is 2. The van der Waals surface area contributed by atoms with Gasteiger partial charge in [-0.25, -0.2) is 26.7 Å². The van der Waals surface area contributed by atoms with Crippen molar-refractivity contribution in [1.82, 2.24) is 4.72 Å². The Bertz CT molecular complexity index is 623. The van der Waals surface area contributed by atoms with Gasteiger partial charge in [-0.3, -0.25) is 0 Å². The summed E-state index contributed by atoms with van der Waals surface area (Å²) in [5.41, 5.74) is 0. The molecule has 0 amide bonds. The third-order valence-corrected chi connectivity index (χ3v) is 5.88. The first-order valence-electron chi connectivity index (χ1n) is 4.57. The van der Waals surface area contributed by atoms with Gasteiger partial charge >= 0.3 is 0 Å². The number of hydrogen-bond acceptors (Lipinski definition) is 5. The maximum atomic E-state index is 11.8. The zero-order valence-electron chi connectivity index (χ0n) is 8.89. The van der Waals surface area contributed by atoms with Crippen molar-refractivity contribution in [3.63, 3.8) is 0 Å². The van der Waals surface area contributed by atoms with Crippen molar-refractivity contribution in [3.05, 3.63) is 14.7 Å². The molecule has 0 saturated carbocycles. The first-order valence-corrected chi connectivity index (χ1v) is 9.34. The molecule has 11 heteroatoms. The number of sulfonamides is 2. The monoisotopic (exact) mass is 352 g/mol. The number of primary sulfonamides is 1. The number of thiophene rings is 1. The average Bonchev–Trinajstić information content (AvgIpc) is 2.52. The van der Waals surface area contributed by atoms with Gasteiger partial charge in [0.15, 0.2) is 0 Å². The van der Waals surface area contributed by atoms with Gasteiger partial charge < -0.3 is 0 Å². The highest BCUT2D eigenvalue weighted by atomic mass is 35.5. The molecule has 18 heavy (non-hydrogen) atoms. The molecule has 0 atom stereocenters. The largest absolute Gasteiger partial charge is 0.242 e. The van der Waals surface area contributed by atoms with Gasteiger partial charge in [0.05, 0.1) is 10.1 Å². The highest BCUT2D eigenvalue weighted by Crippen LogP contribution is 2.33. The zero-order chi connectivity index (χ0) is 14.0. The van der Waals surface area contributed by atoms with Crippen molar-refractivity contribution < 1.29 is 16.8 Å². The number of nitrogens with two attached hydrogens (primary N) is 1. The highest BCUT2D eigenvalue weighted by Gasteiger charge is 2.20. The molecule has 0 radical (unpaired) electrons. The highest BCUT2D eigenvalue weighted by molar-refractivity contribution is 7.90. The standard InChI is InChI=1S/C7H10Cl2N2O4S3/c8-6-4-5(7(9)16-6)18(14,15)11-2-1-3-17(10,12)13/h4,11H,1-3H2,(H2,10,12,13). The summed E-state index contributed by atoms with van der Waals surface area (Å²) in [5, 5.41) is 4.78. The fourth-order valence-electron chi connectivity index (χ4n) is 1.07. The molecule has 0 aliphatic rings. The molecule has 0 saturated heterocycles. The van der Waals surface area contributed by atoms with Crippen LogP contribution >= 0.6 is 34.5 Å². The third kappa shape index (κ3) is 5.00. The number of halogens is 2. The van der Waals surface area contributed by atoms with Crippen LogP contribution in [0.2, 0.25) is 8.67 Å². The van der Waals surface area contributed by atoms with Crippen molar-refractivity contribution in [2.24, 2.45) is 5.14 Å². The zero-order valence-corrected chi connectivity index (χ0v) is 12.9. The summed E-state index contributed by atoms with van der Waals surface area (Å²) in [5.74, 6) is -0.298. The van der Waals surface area contributed by atoms with Crippen LogP contribution in [0.3, 0.4) is 0 Å². The molecule has 0 aliphatic carbocycles. The Morgan fingerprint density at radius 3 is 2.33 bits per heavy atom. The summed E-state index contributed by atoms with van der Waals surface area (Å²) >= 11 is 12.3. The van der Waals surface area contributed by atoms with Gasteiger partial charge in [-0.05, 0) is 12.5 Å². The summed E-state index contributed by atoms with van der Waals surface area (Å²) in [7, 11) is -7.37. The topological polar surface area (TPSA) is 106 Å². The van der Waals surface area contributed by atoms with Gasteiger partial charge in [0.2, 0.25) is 20.0 Å². The molecule has 0 aromatic carbocycles.